The molecule has 2 aliphatic rings. The fourth-order valence-electron chi connectivity index (χ4n) is 2.72. The summed E-state index contributed by atoms with van der Waals surface area (Å²) in [6.45, 7) is 3.72. The normalized spacial score (nSPS) is 23.2. The molecule has 4 nitrogen and oxygen atoms in total. The van der Waals surface area contributed by atoms with E-state index in [4.69, 9.17) is 0 Å². The van der Waals surface area contributed by atoms with Gasteiger partial charge in [-0.25, -0.2) is 0 Å². The van der Waals surface area contributed by atoms with Crippen molar-refractivity contribution in [3.63, 3.8) is 0 Å². The van der Waals surface area contributed by atoms with Gasteiger partial charge in [0.1, 0.15) is 6.04 Å². The summed E-state index contributed by atoms with van der Waals surface area (Å²) in [4.78, 5) is 18.7. The summed E-state index contributed by atoms with van der Waals surface area (Å²) in [7, 11) is 0. The molecule has 4 heteroatoms. The molecule has 2 heterocycles. The van der Waals surface area contributed by atoms with Gasteiger partial charge in [0.2, 0.25) is 11.9 Å². The Balaban J connectivity index is 1.84. The lowest BCUT2D eigenvalue weighted by Gasteiger charge is -2.30. The molecule has 2 aliphatic heterocycles. The zero-order valence-electron chi connectivity index (χ0n) is 11.2. The van der Waals surface area contributed by atoms with E-state index >= 15 is 0 Å². The van der Waals surface area contributed by atoms with Crippen LogP contribution in [0.3, 0.4) is 0 Å². The minimum atomic E-state index is -0.0738. The molecule has 1 aromatic rings. The Bertz CT molecular complexity index is 524. The first-order chi connectivity index (χ1) is 9.29. The molecule has 1 N–H and O–H groups in total. The number of unbranched alkanes of at least 4 members (excludes halogenated alkanes) is 1. The zero-order valence-corrected chi connectivity index (χ0v) is 11.2. The largest absolute Gasteiger partial charge is 0.326 e. The Morgan fingerprint density at radius 1 is 1.37 bits per heavy atom. The lowest BCUT2D eigenvalue weighted by Crippen LogP contribution is -2.40. The number of carbonyl (C=O) groups excluding carboxylic acids is 1. The number of nitrogens with one attached hydrogen (secondary N) is 1. The van der Waals surface area contributed by atoms with Crippen LogP contribution in [0.25, 0.3) is 0 Å². The molecule has 0 aromatic heterocycles. The molecule has 1 fully saturated rings. The van der Waals surface area contributed by atoms with Crippen LogP contribution in [0.2, 0.25) is 0 Å². The molecule has 1 amide bonds. The monoisotopic (exact) mass is 257 g/mol. The maximum Gasteiger partial charge on any atom is 0.249 e. The number of rotatable bonds is 3. The maximum atomic E-state index is 12.0. The first-order valence-electron chi connectivity index (χ1n) is 6.98. The van der Waals surface area contributed by atoms with E-state index in [0.717, 1.165) is 38.3 Å². The molecule has 3 rings (SSSR count). The number of hydrogen-bond acceptors (Lipinski definition) is 2. The van der Waals surface area contributed by atoms with Crippen LogP contribution < -0.4 is 5.32 Å². The molecule has 1 unspecified atom stereocenters. The summed E-state index contributed by atoms with van der Waals surface area (Å²) in [5, 5.41) is 2.93. The first kappa shape index (κ1) is 12.2. The number of benzene rings is 1. The van der Waals surface area contributed by atoms with Crippen molar-refractivity contribution in [3.8, 4) is 0 Å². The Morgan fingerprint density at radius 3 is 2.95 bits per heavy atom. The van der Waals surface area contributed by atoms with Gasteiger partial charge in [0, 0.05) is 19.5 Å². The molecular weight excluding hydrogens is 238 g/mol. The summed E-state index contributed by atoms with van der Waals surface area (Å²) in [6, 6.07) is 8.27. The standard InChI is InChI=1S/C15H19N3O/c1-2-3-8-16-15-17-14(19)13-9-11-6-4-5-7-12(11)10-18(13)15/h4-7,13H,2-3,8-10H2,1H3,(H,16,17,19). The second kappa shape index (κ2) is 5.03. The fourth-order valence-corrected chi connectivity index (χ4v) is 2.72. The average Bonchev–Trinajstić information content (AvgIpc) is 2.73. The molecule has 100 valence electrons. The van der Waals surface area contributed by atoms with Crippen LogP contribution in [0.5, 0.6) is 0 Å². The number of amides is 1. The van der Waals surface area contributed by atoms with E-state index in [9.17, 15) is 4.79 Å². The van der Waals surface area contributed by atoms with Gasteiger partial charge in [0.05, 0.1) is 0 Å². The smallest absolute Gasteiger partial charge is 0.249 e. The number of carbonyl (C=O) groups is 1. The van der Waals surface area contributed by atoms with Gasteiger partial charge in [-0.3, -0.25) is 15.1 Å². The van der Waals surface area contributed by atoms with Crippen molar-refractivity contribution in [1.29, 1.82) is 0 Å². The minimum absolute atomic E-state index is 0.0738. The van der Waals surface area contributed by atoms with E-state index in [1.54, 1.807) is 0 Å². The van der Waals surface area contributed by atoms with Crippen LogP contribution in [0.1, 0.15) is 30.9 Å². The summed E-state index contributed by atoms with van der Waals surface area (Å²) >= 11 is 0. The Kier molecular flexibility index (Phi) is 3.23. The van der Waals surface area contributed by atoms with Crippen LogP contribution in [0.4, 0.5) is 0 Å². The molecule has 0 bridgehead atoms. The van der Waals surface area contributed by atoms with Gasteiger partial charge in [0.15, 0.2) is 0 Å². The highest BCUT2D eigenvalue weighted by Crippen LogP contribution is 2.26. The molecule has 19 heavy (non-hydrogen) atoms. The van der Waals surface area contributed by atoms with E-state index in [-0.39, 0.29) is 11.9 Å². The van der Waals surface area contributed by atoms with Gasteiger partial charge >= 0.3 is 0 Å². The maximum absolute atomic E-state index is 12.0. The van der Waals surface area contributed by atoms with Crippen LogP contribution >= 0.6 is 0 Å². The highest BCUT2D eigenvalue weighted by Gasteiger charge is 2.39. The third-order valence-electron chi connectivity index (χ3n) is 3.83. The topological polar surface area (TPSA) is 44.7 Å². The lowest BCUT2D eigenvalue weighted by molar-refractivity contribution is -0.121. The summed E-state index contributed by atoms with van der Waals surface area (Å²) < 4.78 is 0. The number of fused-ring (bicyclic) bond motifs is 2. The van der Waals surface area contributed by atoms with Crippen molar-refractivity contribution in [1.82, 2.24) is 10.2 Å². The molecule has 1 atom stereocenters. The van der Waals surface area contributed by atoms with Crippen molar-refractivity contribution in [2.24, 2.45) is 4.99 Å². The van der Waals surface area contributed by atoms with Gasteiger partial charge in [0.25, 0.3) is 0 Å². The van der Waals surface area contributed by atoms with Crippen LogP contribution in [-0.2, 0) is 17.8 Å². The Hall–Kier alpha value is -1.84. The Labute approximate surface area is 113 Å². The van der Waals surface area contributed by atoms with Crippen molar-refractivity contribution >= 4 is 11.9 Å². The van der Waals surface area contributed by atoms with Gasteiger partial charge in [-0.2, -0.15) is 0 Å². The lowest BCUT2D eigenvalue weighted by atomic mass is 9.95. The minimum Gasteiger partial charge on any atom is -0.326 e. The van der Waals surface area contributed by atoms with Gasteiger partial charge < -0.3 is 4.90 Å². The molecule has 0 radical (unpaired) electrons. The van der Waals surface area contributed by atoms with Crippen molar-refractivity contribution in [2.75, 3.05) is 6.54 Å². The van der Waals surface area contributed by atoms with Crippen molar-refractivity contribution < 1.29 is 4.79 Å². The highest BCUT2D eigenvalue weighted by atomic mass is 16.2. The van der Waals surface area contributed by atoms with E-state index in [0.29, 0.717) is 0 Å². The molecule has 1 saturated heterocycles. The van der Waals surface area contributed by atoms with Gasteiger partial charge in [-0.15, -0.1) is 0 Å². The number of aliphatic imine (C=N–C) groups is 1. The molecule has 0 spiro atoms. The molecule has 0 saturated carbocycles. The summed E-state index contributed by atoms with van der Waals surface area (Å²) in [5.41, 5.74) is 2.59. The number of nitrogens with zero attached hydrogens (tertiary/aromatic N) is 2. The number of guanidine groups is 1. The second-order valence-corrected chi connectivity index (χ2v) is 5.16. The third-order valence-corrected chi connectivity index (χ3v) is 3.83. The molecule has 0 aliphatic carbocycles. The second-order valence-electron chi connectivity index (χ2n) is 5.16. The predicted molar refractivity (Wildman–Crippen MR) is 74.8 cm³/mol. The van der Waals surface area contributed by atoms with Crippen LogP contribution in [0, 0.1) is 0 Å². The van der Waals surface area contributed by atoms with Crippen molar-refractivity contribution in [3.05, 3.63) is 35.4 Å². The average molecular weight is 257 g/mol. The van der Waals surface area contributed by atoms with E-state index in [1.165, 1.54) is 11.1 Å². The van der Waals surface area contributed by atoms with E-state index in [2.05, 4.69) is 40.3 Å². The molecule has 1 aromatic carbocycles. The van der Waals surface area contributed by atoms with Crippen LogP contribution in [0.15, 0.2) is 29.3 Å². The summed E-state index contributed by atoms with van der Waals surface area (Å²) in [6.07, 6.45) is 2.97. The summed E-state index contributed by atoms with van der Waals surface area (Å²) in [5.74, 6) is 0.850. The van der Waals surface area contributed by atoms with E-state index in [1.807, 2.05) is 6.07 Å². The first-order valence-corrected chi connectivity index (χ1v) is 6.98. The van der Waals surface area contributed by atoms with Crippen molar-refractivity contribution in [2.45, 2.75) is 38.8 Å². The number of hydrogen-bond donors (Lipinski definition) is 1. The highest BCUT2D eigenvalue weighted by molar-refractivity contribution is 6.06. The van der Waals surface area contributed by atoms with E-state index < -0.39 is 0 Å². The quantitative estimate of drug-likeness (QED) is 0.838. The van der Waals surface area contributed by atoms with Crippen LogP contribution in [-0.4, -0.2) is 29.4 Å². The zero-order chi connectivity index (χ0) is 13.2. The Morgan fingerprint density at radius 2 is 2.16 bits per heavy atom. The molecular formula is C15H19N3O. The third kappa shape index (κ3) is 2.23. The van der Waals surface area contributed by atoms with Gasteiger partial charge in [-0.05, 0) is 17.5 Å². The predicted octanol–water partition coefficient (Wildman–Crippen LogP) is 1.70. The SMILES string of the molecule is CCCCN=C1NC(=O)C2Cc3ccccc3CN12. The van der Waals surface area contributed by atoms with Gasteiger partial charge in [-0.1, -0.05) is 37.6 Å². The fraction of sp³-hybridized carbons (Fsp3) is 0.467.